The minimum absolute atomic E-state index is 0.0455. The first kappa shape index (κ1) is 14.7. The van der Waals surface area contributed by atoms with Gasteiger partial charge in [-0.05, 0) is 33.0 Å². The molecule has 1 rings (SSSR count). The van der Waals surface area contributed by atoms with E-state index in [1.807, 2.05) is 0 Å². The third-order valence-electron chi connectivity index (χ3n) is 3.03. The van der Waals surface area contributed by atoms with Crippen LogP contribution in [0.2, 0.25) is 0 Å². The summed E-state index contributed by atoms with van der Waals surface area (Å²) >= 11 is 0. The lowest BCUT2D eigenvalue weighted by Crippen LogP contribution is -2.46. The number of likely N-dealkylation sites (N-methyl/N-ethyl adjacent to an activating group) is 1. The summed E-state index contributed by atoms with van der Waals surface area (Å²) in [6.07, 6.45) is 0. The van der Waals surface area contributed by atoms with E-state index in [4.69, 9.17) is 5.11 Å². The van der Waals surface area contributed by atoms with E-state index in [0.717, 1.165) is 12.1 Å². The number of rotatable bonds is 5. The summed E-state index contributed by atoms with van der Waals surface area (Å²) in [5, 5.41) is 9.16. The quantitative estimate of drug-likeness (QED) is 0.818. The molecule has 0 saturated heterocycles. The Labute approximate surface area is 105 Å². The number of nitrogens with zero attached hydrogens (tertiary/aromatic N) is 1. The van der Waals surface area contributed by atoms with Crippen LogP contribution in [0.4, 0.5) is 8.78 Å². The zero-order valence-electron chi connectivity index (χ0n) is 10.7. The number of carbonyl (C=O) groups is 1. The highest BCUT2D eigenvalue weighted by Gasteiger charge is 2.25. The Morgan fingerprint density at radius 3 is 2.50 bits per heavy atom. The maximum Gasteiger partial charge on any atom is 0.179 e. The fourth-order valence-corrected chi connectivity index (χ4v) is 1.35. The molecule has 0 aliphatic rings. The Bertz CT molecular complexity index is 447. The van der Waals surface area contributed by atoms with Crippen molar-refractivity contribution in [2.75, 3.05) is 20.2 Å². The van der Waals surface area contributed by atoms with Crippen LogP contribution >= 0.6 is 0 Å². The summed E-state index contributed by atoms with van der Waals surface area (Å²) in [6.45, 7) is 3.36. The van der Waals surface area contributed by atoms with E-state index in [2.05, 4.69) is 0 Å². The lowest BCUT2D eigenvalue weighted by Gasteiger charge is -2.33. The van der Waals surface area contributed by atoms with Gasteiger partial charge in [0.05, 0.1) is 18.7 Å². The van der Waals surface area contributed by atoms with Crippen LogP contribution in [-0.4, -0.2) is 41.5 Å². The zero-order valence-corrected chi connectivity index (χ0v) is 10.7. The monoisotopic (exact) mass is 257 g/mol. The van der Waals surface area contributed by atoms with Gasteiger partial charge < -0.3 is 5.11 Å². The maximum atomic E-state index is 13.4. The molecule has 0 amide bonds. The Hall–Kier alpha value is -1.33. The third-order valence-corrected chi connectivity index (χ3v) is 3.03. The number of hydrogen-bond acceptors (Lipinski definition) is 3. The van der Waals surface area contributed by atoms with Crippen LogP contribution in [0, 0.1) is 11.6 Å². The summed E-state index contributed by atoms with van der Waals surface area (Å²) in [5.74, 6) is -2.03. The summed E-state index contributed by atoms with van der Waals surface area (Å²) in [4.78, 5) is 13.5. The van der Waals surface area contributed by atoms with Gasteiger partial charge in [-0.3, -0.25) is 9.69 Å². The Morgan fingerprint density at radius 2 is 2.00 bits per heavy atom. The minimum atomic E-state index is -0.866. The minimum Gasteiger partial charge on any atom is -0.394 e. The number of aliphatic hydroxyl groups is 1. The van der Waals surface area contributed by atoms with Gasteiger partial charge in [-0.15, -0.1) is 0 Å². The highest BCUT2D eigenvalue weighted by atomic mass is 19.1. The van der Waals surface area contributed by atoms with Crippen LogP contribution < -0.4 is 0 Å². The van der Waals surface area contributed by atoms with E-state index >= 15 is 0 Å². The molecule has 0 atom stereocenters. The number of halogens is 2. The molecule has 1 aromatic rings. The summed E-state index contributed by atoms with van der Waals surface area (Å²) in [7, 11) is 1.66. The van der Waals surface area contributed by atoms with Crippen LogP contribution in [0.15, 0.2) is 18.2 Å². The molecule has 1 N–H and O–H groups in total. The Morgan fingerprint density at radius 1 is 1.39 bits per heavy atom. The molecule has 3 nitrogen and oxygen atoms in total. The van der Waals surface area contributed by atoms with Gasteiger partial charge in [-0.25, -0.2) is 8.78 Å². The molecular formula is C13H17F2NO2. The molecule has 0 bridgehead atoms. The van der Waals surface area contributed by atoms with Gasteiger partial charge in [0.2, 0.25) is 0 Å². The molecule has 0 aliphatic carbocycles. The largest absolute Gasteiger partial charge is 0.394 e. The molecule has 0 unspecified atom stereocenters. The van der Waals surface area contributed by atoms with Crippen LogP contribution in [0.3, 0.4) is 0 Å². The third kappa shape index (κ3) is 3.34. The maximum absolute atomic E-state index is 13.4. The second-order valence-corrected chi connectivity index (χ2v) is 4.87. The van der Waals surface area contributed by atoms with Crippen LogP contribution in [0.5, 0.6) is 0 Å². The average Bonchev–Trinajstić information content (AvgIpc) is 2.28. The predicted octanol–water partition coefficient (Wildman–Crippen LogP) is 1.85. The van der Waals surface area contributed by atoms with Crippen molar-refractivity contribution in [3.05, 3.63) is 35.4 Å². The van der Waals surface area contributed by atoms with Crippen LogP contribution in [-0.2, 0) is 0 Å². The fourth-order valence-electron chi connectivity index (χ4n) is 1.35. The molecule has 0 radical (unpaired) electrons. The normalized spacial score (nSPS) is 11.9. The molecule has 0 aliphatic heterocycles. The molecular weight excluding hydrogens is 240 g/mol. The summed E-state index contributed by atoms with van der Waals surface area (Å²) < 4.78 is 26.1. The van der Waals surface area contributed by atoms with Crippen molar-refractivity contribution in [1.82, 2.24) is 4.90 Å². The van der Waals surface area contributed by atoms with Crippen LogP contribution in [0.1, 0.15) is 24.2 Å². The van der Waals surface area contributed by atoms with E-state index in [0.29, 0.717) is 6.07 Å². The van der Waals surface area contributed by atoms with Gasteiger partial charge in [0.15, 0.2) is 5.78 Å². The number of carbonyl (C=O) groups excluding carboxylic acids is 1. The number of Topliss-reactive ketones (excluding diaryl/α,β-unsaturated/α-hetero) is 1. The van der Waals surface area contributed by atoms with Crippen molar-refractivity contribution < 1.29 is 18.7 Å². The van der Waals surface area contributed by atoms with Crippen molar-refractivity contribution in [1.29, 1.82) is 0 Å². The average molecular weight is 257 g/mol. The molecule has 0 fully saturated rings. The van der Waals surface area contributed by atoms with Gasteiger partial charge in [-0.1, -0.05) is 0 Å². The number of aliphatic hydroxyl groups excluding tert-OH is 1. The highest BCUT2D eigenvalue weighted by Crippen LogP contribution is 2.14. The van der Waals surface area contributed by atoms with E-state index in [-0.39, 0.29) is 18.7 Å². The first-order valence-corrected chi connectivity index (χ1v) is 5.58. The first-order chi connectivity index (χ1) is 8.27. The molecule has 18 heavy (non-hydrogen) atoms. The van der Waals surface area contributed by atoms with Crippen molar-refractivity contribution in [2.24, 2.45) is 0 Å². The van der Waals surface area contributed by atoms with Crippen LogP contribution in [0.25, 0.3) is 0 Å². The van der Waals surface area contributed by atoms with E-state index < -0.39 is 23.0 Å². The van der Waals surface area contributed by atoms with E-state index in [1.165, 1.54) is 0 Å². The van der Waals surface area contributed by atoms with Crippen molar-refractivity contribution in [2.45, 2.75) is 19.4 Å². The molecule has 0 heterocycles. The van der Waals surface area contributed by atoms with Crippen molar-refractivity contribution >= 4 is 5.78 Å². The van der Waals surface area contributed by atoms with Gasteiger partial charge in [0.1, 0.15) is 11.6 Å². The summed E-state index contributed by atoms with van der Waals surface area (Å²) in [6, 6.07) is 2.87. The van der Waals surface area contributed by atoms with E-state index in [9.17, 15) is 13.6 Å². The van der Waals surface area contributed by atoms with Gasteiger partial charge in [0.25, 0.3) is 0 Å². The lowest BCUT2D eigenvalue weighted by molar-refractivity contribution is 0.0657. The topological polar surface area (TPSA) is 40.5 Å². The standard InChI is InChI=1S/C13H17F2NO2/c1-13(2,8-17)16(3)7-12(18)10-5-4-9(14)6-11(10)15/h4-6,17H,7-8H2,1-3H3. The van der Waals surface area contributed by atoms with Crippen molar-refractivity contribution in [3.63, 3.8) is 0 Å². The molecule has 5 heteroatoms. The van der Waals surface area contributed by atoms with Gasteiger partial charge in [0, 0.05) is 11.6 Å². The van der Waals surface area contributed by atoms with Gasteiger partial charge >= 0.3 is 0 Å². The smallest absolute Gasteiger partial charge is 0.179 e. The fraction of sp³-hybridized carbons (Fsp3) is 0.462. The van der Waals surface area contributed by atoms with Crippen molar-refractivity contribution in [3.8, 4) is 0 Å². The lowest BCUT2D eigenvalue weighted by atomic mass is 10.0. The van der Waals surface area contributed by atoms with E-state index in [1.54, 1.807) is 25.8 Å². The van der Waals surface area contributed by atoms with Gasteiger partial charge in [-0.2, -0.15) is 0 Å². The summed E-state index contributed by atoms with van der Waals surface area (Å²) in [5.41, 5.74) is -0.719. The Balaban J connectivity index is 2.83. The molecule has 100 valence electrons. The predicted molar refractivity (Wildman–Crippen MR) is 64.5 cm³/mol. The molecule has 1 aromatic carbocycles. The SMILES string of the molecule is CN(CC(=O)c1ccc(F)cc1F)C(C)(C)CO. The second-order valence-electron chi connectivity index (χ2n) is 4.87. The molecule has 0 saturated carbocycles. The molecule has 0 aromatic heterocycles. The molecule has 0 spiro atoms. The number of ketones is 1. The highest BCUT2D eigenvalue weighted by molar-refractivity contribution is 5.97. The zero-order chi connectivity index (χ0) is 13.9. The first-order valence-electron chi connectivity index (χ1n) is 5.58. The Kier molecular flexibility index (Phi) is 4.53. The number of benzene rings is 1. The number of hydrogen-bond donors (Lipinski definition) is 1. The second kappa shape index (κ2) is 5.54.